The molecule has 0 atom stereocenters. The zero-order valence-corrected chi connectivity index (χ0v) is 8.93. The summed E-state index contributed by atoms with van der Waals surface area (Å²) in [7, 11) is 0. The Bertz CT molecular complexity index is 429. The van der Waals surface area contributed by atoms with Gasteiger partial charge in [0, 0.05) is 24.0 Å². The molecule has 0 radical (unpaired) electrons. The minimum atomic E-state index is 0.766. The topological polar surface area (TPSA) is 17.8 Å². The fourth-order valence-electron chi connectivity index (χ4n) is 1.28. The Balaban J connectivity index is 1.97. The highest BCUT2D eigenvalue weighted by molar-refractivity contribution is 6.30. The van der Waals surface area contributed by atoms with Gasteiger partial charge in [-0.05, 0) is 17.7 Å². The molecule has 0 saturated heterocycles. The van der Waals surface area contributed by atoms with Gasteiger partial charge in [-0.3, -0.25) is 0 Å². The van der Waals surface area contributed by atoms with E-state index in [4.69, 9.17) is 11.6 Å². The fraction of sp³-hybridized carbons (Fsp3) is 0.0833. The summed E-state index contributed by atoms with van der Waals surface area (Å²) >= 11 is 5.79. The van der Waals surface area contributed by atoms with Crippen molar-refractivity contribution >= 4 is 17.7 Å². The van der Waals surface area contributed by atoms with Crippen molar-refractivity contribution in [3.05, 3.63) is 59.6 Å². The van der Waals surface area contributed by atoms with Crippen molar-refractivity contribution in [2.45, 2.75) is 6.54 Å². The molecule has 2 rings (SSSR count). The SMILES string of the molecule is Clc1ccc(/C=C/Cn2ccnc2)cc1. The average molecular weight is 219 g/mol. The highest BCUT2D eigenvalue weighted by Crippen LogP contribution is 2.10. The van der Waals surface area contributed by atoms with Crippen LogP contribution in [0.2, 0.25) is 5.02 Å². The lowest BCUT2D eigenvalue weighted by molar-refractivity contribution is 0.823. The summed E-state index contributed by atoms with van der Waals surface area (Å²) in [5.41, 5.74) is 1.15. The summed E-state index contributed by atoms with van der Waals surface area (Å²) < 4.78 is 2.01. The van der Waals surface area contributed by atoms with E-state index in [9.17, 15) is 0 Å². The summed E-state index contributed by atoms with van der Waals surface area (Å²) in [6.07, 6.45) is 9.66. The van der Waals surface area contributed by atoms with Crippen LogP contribution in [0.1, 0.15) is 5.56 Å². The molecule has 0 amide bonds. The Labute approximate surface area is 93.8 Å². The first-order chi connectivity index (χ1) is 7.34. The number of hydrogen-bond acceptors (Lipinski definition) is 1. The van der Waals surface area contributed by atoms with E-state index >= 15 is 0 Å². The van der Waals surface area contributed by atoms with Gasteiger partial charge in [-0.1, -0.05) is 35.9 Å². The van der Waals surface area contributed by atoms with E-state index in [1.165, 1.54) is 0 Å². The molecule has 15 heavy (non-hydrogen) atoms. The van der Waals surface area contributed by atoms with Gasteiger partial charge in [0.1, 0.15) is 0 Å². The van der Waals surface area contributed by atoms with Crippen molar-refractivity contribution in [1.82, 2.24) is 9.55 Å². The van der Waals surface area contributed by atoms with Crippen LogP contribution in [0.25, 0.3) is 6.08 Å². The van der Waals surface area contributed by atoms with Crippen molar-refractivity contribution < 1.29 is 0 Å². The quantitative estimate of drug-likeness (QED) is 0.774. The van der Waals surface area contributed by atoms with E-state index < -0.39 is 0 Å². The Morgan fingerprint density at radius 1 is 1.27 bits per heavy atom. The van der Waals surface area contributed by atoms with E-state index in [2.05, 4.69) is 17.1 Å². The van der Waals surface area contributed by atoms with Crippen LogP contribution in [0.5, 0.6) is 0 Å². The van der Waals surface area contributed by atoms with Crippen LogP contribution >= 0.6 is 11.6 Å². The molecule has 0 aliphatic carbocycles. The van der Waals surface area contributed by atoms with Gasteiger partial charge in [0.25, 0.3) is 0 Å². The standard InChI is InChI=1S/C12H11ClN2/c13-12-5-3-11(4-6-12)2-1-8-15-9-7-14-10-15/h1-7,9-10H,8H2/b2-1+. The number of halogens is 1. The molecule has 1 aromatic carbocycles. The molecule has 0 fully saturated rings. The van der Waals surface area contributed by atoms with Gasteiger partial charge >= 0.3 is 0 Å². The minimum Gasteiger partial charge on any atom is -0.334 e. The van der Waals surface area contributed by atoms with E-state index in [1.807, 2.05) is 35.0 Å². The third kappa shape index (κ3) is 2.96. The second-order valence-electron chi connectivity index (χ2n) is 3.21. The van der Waals surface area contributed by atoms with Crippen LogP contribution in [0.4, 0.5) is 0 Å². The molecule has 0 spiro atoms. The largest absolute Gasteiger partial charge is 0.334 e. The molecule has 2 aromatic rings. The number of nitrogens with zero attached hydrogens (tertiary/aromatic N) is 2. The highest BCUT2D eigenvalue weighted by Gasteiger charge is 1.88. The third-order valence-corrected chi connectivity index (χ3v) is 2.31. The monoisotopic (exact) mass is 218 g/mol. The Hall–Kier alpha value is -1.54. The maximum atomic E-state index is 5.79. The molecule has 0 aliphatic heterocycles. The molecule has 2 nitrogen and oxygen atoms in total. The van der Waals surface area contributed by atoms with Crippen LogP contribution in [-0.2, 0) is 6.54 Å². The molecule has 1 heterocycles. The molecule has 76 valence electrons. The maximum absolute atomic E-state index is 5.79. The third-order valence-electron chi connectivity index (χ3n) is 2.06. The number of hydrogen-bond donors (Lipinski definition) is 0. The summed E-state index contributed by atoms with van der Waals surface area (Å²) in [4.78, 5) is 3.97. The zero-order chi connectivity index (χ0) is 10.5. The Kier molecular flexibility index (Phi) is 3.20. The summed E-state index contributed by atoms with van der Waals surface area (Å²) in [6, 6.07) is 7.76. The molecule has 0 unspecified atom stereocenters. The first-order valence-corrected chi connectivity index (χ1v) is 5.10. The normalized spacial score (nSPS) is 11.0. The van der Waals surface area contributed by atoms with Gasteiger partial charge in [-0.2, -0.15) is 0 Å². The predicted molar refractivity (Wildman–Crippen MR) is 62.7 cm³/mol. The average Bonchev–Trinajstić information content (AvgIpc) is 2.74. The molecule has 1 aromatic heterocycles. The van der Waals surface area contributed by atoms with E-state index in [1.54, 1.807) is 12.5 Å². The molecular weight excluding hydrogens is 208 g/mol. The van der Waals surface area contributed by atoms with Crippen LogP contribution in [0.3, 0.4) is 0 Å². The van der Waals surface area contributed by atoms with Gasteiger partial charge in [0.05, 0.1) is 6.33 Å². The van der Waals surface area contributed by atoms with Crippen LogP contribution in [0, 0.1) is 0 Å². The van der Waals surface area contributed by atoms with Gasteiger partial charge < -0.3 is 4.57 Å². The van der Waals surface area contributed by atoms with Gasteiger partial charge in [0.2, 0.25) is 0 Å². The van der Waals surface area contributed by atoms with Crippen LogP contribution in [0.15, 0.2) is 49.1 Å². The number of benzene rings is 1. The van der Waals surface area contributed by atoms with Crippen molar-refractivity contribution in [1.29, 1.82) is 0 Å². The van der Waals surface area contributed by atoms with Crippen LogP contribution in [-0.4, -0.2) is 9.55 Å². The number of allylic oxidation sites excluding steroid dienone is 1. The lowest BCUT2D eigenvalue weighted by Gasteiger charge is -1.95. The van der Waals surface area contributed by atoms with Crippen molar-refractivity contribution in [3.8, 4) is 0 Å². The van der Waals surface area contributed by atoms with Crippen molar-refractivity contribution in [2.75, 3.05) is 0 Å². The highest BCUT2D eigenvalue weighted by atomic mass is 35.5. The van der Waals surface area contributed by atoms with Gasteiger partial charge in [-0.25, -0.2) is 4.98 Å². The van der Waals surface area contributed by atoms with E-state index in [0.717, 1.165) is 17.1 Å². The lowest BCUT2D eigenvalue weighted by atomic mass is 10.2. The smallest absolute Gasteiger partial charge is 0.0948 e. The number of imidazole rings is 1. The number of aromatic nitrogens is 2. The predicted octanol–water partition coefficient (Wildman–Crippen LogP) is 3.25. The molecule has 0 N–H and O–H groups in total. The second-order valence-corrected chi connectivity index (χ2v) is 3.65. The Morgan fingerprint density at radius 3 is 2.73 bits per heavy atom. The first-order valence-electron chi connectivity index (χ1n) is 4.72. The van der Waals surface area contributed by atoms with E-state index in [-0.39, 0.29) is 0 Å². The fourth-order valence-corrected chi connectivity index (χ4v) is 1.41. The van der Waals surface area contributed by atoms with Gasteiger partial charge in [-0.15, -0.1) is 0 Å². The summed E-state index contributed by atoms with van der Waals surface area (Å²) in [5.74, 6) is 0. The van der Waals surface area contributed by atoms with Crippen molar-refractivity contribution in [2.24, 2.45) is 0 Å². The molecular formula is C12H11ClN2. The molecule has 0 saturated carbocycles. The minimum absolute atomic E-state index is 0.766. The van der Waals surface area contributed by atoms with Gasteiger partial charge in [0.15, 0.2) is 0 Å². The maximum Gasteiger partial charge on any atom is 0.0948 e. The zero-order valence-electron chi connectivity index (χ0n) is 8.18. The lowest BCUT2D eigenvalue weighted by Crippen LogP contribution is -1.89. The Morgan fingerprint density at radius 2 is 2.07 bits per heavy atom. The molecule has 0 bridgehead atoms. The van der Waals surface area contributed by atoms with Crippen molar-refractivity contribution in [3.63, 3.8) is 0 Å². The molecule has 3 heteroatoms. The molecule has 0 aliphatic rings. The summed E-state index contributed by atoms with van der Waals surface area (Å²) in [5, 5.41) is 0.766. The first kappa shape index (κ1) is 9.99. The summed E-state index contributed by atoms with van der Waals surface area (Å²) in [6.45, 7) is 0.836. The van der Waals surface area contributed by atoms with Crippen LogP contribution < -0.4 is 0 Å². The second kappa shape index (κ2) is 4.80. The number of rotatable bonds is 3. The van der Waals surface area contributed by atoms with E-state index in [0.29, 0.717) is 0 Å².